The van der Waals surface area contributed by atoms with Crippen LogP contribution in [0.2, 0.25) is 0 Å². The number of benzene rings is 2. The van der Waals surface area contributed by atoms with Crippen LogP contribution in [-0.2, 0) is 12.8 Å². The molecule has 0 aromatic heterocycles. The van der Waals surface area contributed by atoms with Crippen LogP contribution in [0.5, 0.6) is 0 Å². The molecule has 0 fully saturated rings. The minimum Gasteiger partial charge on any atom is -0.364 e. The van der Waals surface area contributed by atoms with Gasteiger partial charge in [-0.15, -0.1) is 11.8 Å². The van der Waals surface area contributed by atoms with E-state index in [2.05, 4.69) is 85.6 Å². The third kappa shape index (κ3) is 4.07. The summed E-state index contributed by atoms with van der Waals surface area (Å²) in [5.41, 5.74) is 8.34. The Bertz CT molecular complexity index is 878. The Morgan fingerprint density at radius 1 is 1.11 bits per heavy atom. The molecule has 1 nitrogen and oxygen atoms in total. The number of rotatable bonds is 6. The summed E-state index contributed by atoms with van der Waals surface area (Å²) in [5, 5.41) is 0. The van der Waals surface area contributed by atoms with Crippen LogP contribution in [0.1, 0.15) is 48.4 Å². The lowest BCUT2D eigenvalue weighted by Crippen LogP contribution is -2.39. The zero-order valence-corrected chi connectivity index (χ0v) is 18.0. The zero-order chi connectivity index (χ0) is 19.5. The van der Waals surface area contributed by atoms with Crippen molar-refractivity contribution < 1.29 is 0 Å². The van der Waals surface area contributed by atoms with E-state index in [1.165, 1.54) is 53.0 Å². The van der Waals surface area contributed by atoms with Gasteiger partial charge in [0.05, 0.1) is 6.04 Å². The third-order valence-corrected chi connectivity index (χ3v) is 7.42. The van der Waals surface area contributed by atoms with Crippen molar-refractivity contribution in [2.24, 2.45) is 0 Å². The largest absolute Gasteiger partial charge is 0.364 e. The van der Waals surface area contributed by atoms with Gasteiger partial charge in [-0.2, -0.15) is 0 Å². The fraction of sp³-hybridized carbons (Fsp3) is 0.385. The highest BCUT2D eigenvalue weighted by atomic mass is 32.2. The molecule has 1 unspecified atom stereocenters. The summed E-state index contributed by atoms with van der Waals surface area (Å²) in [6.45, 7) is 10.0. The van der Waals surface area contributed by atoms with Crippen molar-refractivity contribution in [2.75, 3.05) is 12.3 Å². The van der Waals surface area contributed by atoms with Crippen molar-refractivity contribution in [3.8, 4) is 0 Å². The molecule has 0 spiro atoms. The predicted molar refractivity (Wildman–Crippen MR) is 124 cm³/mol. The molecule has 2 aromatic carbocycles. The van der Waals surface area contributed by atoms with Crippen molar-refractivity contribution in [3.05, 3.63) is 87.8 Å². The summed E-state index contributed by atoms with van der Waals surface area (Å²) >= 11 is 2.09. The van der Waals surface area contributed by atoms with Gasteiger partial charge < -0.3 is 4.90 Å². The minimum atomic E-state index is 0.498. The smallest absolute Gasteiger partial charge is 0.0516 e. The van der Waals surface area contributed by atoms with Crippen LogP contribution in [0.25, 0.3) is 5.70 Å². The summed E-state index contributed by atoms with van der Waals surface area (Å²) in [4.78, 5) is 4.26. The highest BCUT2D eigenvalue weighted by molar-refractivity contribution is 8.03. The maximum absolute atomic E-state index is 4.53. The maximum Gasteiger partial charge on any atom is 0.0516 e. The van der Waals surface area contributed by atoms with Crippen molar-refractivity contribution >= 4 is 17.5 Å². The predicted octanol–water partition coefficient (Wildman–Crippen LogP) is 6.63. The van der Waals surface area contributed by atoms with Gasteiger partial charge in [0.25, 0.3) is 0 Å². The molecular formula is C26H31NS. The van der Waals surface area contributed by atoms with E-state index in [0.29, 0.717) is 6.04 Å². The Labute approximate surface area is 174 Å². The van der Waals surface area contributed by atoms with Crippen LogP contribution < -0.4 is 0 Å². The van der Waals surface area contributed by atoms with Gasteiger partial charge in [0, 0.05) is 18.0 Å². The highest BCUT2D eigenvalue weighted by Crippen LogP contribution is 2.43. The molecular weight excluding hydrogens is 358 g/mol. The van der Waals surface area contributed by atoms with E-state index in [-0.39, 0.29) is 0 Å². The van der Waals surface area contributed by atoms with Gasteiger partial charge in [-0.05, 0) is 72.3 Å². The number of thioether (sulfide) groups is 1. The van der Waals surface area contributed by atoms with Crippen molar-refractivity contribution in [1.82, 2.24) is 4.90 Å². The minimum absolute atomic E-state index is 0.498. The van der Waals surface area contributed by atoms with E-state index in [0.717, 1.165) is 19.4 Å². The van der Waals surface area contributed by atoms with Gasteiger partial charge in [-0.3, -0.25) is 0 Å². The van der Waals surface area contributed by atoms with Crippen molar-refractivity contribution in [1.29, 1.82) is 0 Å². The normalized spacial score (nSPS) is 19.1. The van der Waals surface area contributed by atoms with E-state index in [1.54, 1.807) is 10.5 Å². The van der Waals surface area contributed by atoms with Crippen LogP contribution >= 0.6 is 11.8 Å². The molecule has 2 aromatic rings. The molecule has 0 amide bonds. The van der Waals surface area contributed by atoms with Gasteiger partial charge in [0.15, 0.2) is 0 Å². The SMILES string of the molecule is C=C(c1cccc(C)c1)N1CCC2=C(CCS2)C1CCc1ccc(CC)cc1. The first-order chi connectivity index (χ1) is 13.7. The molecule has 1 atom stereocenters. The Balaban J connectivity index is 1.55. The quantitative estimate of drug-likeness (QED) is 0.546. The third-order valence-electron chi connectivity index (χ3n) is 6.20. The van der Waals surface area contributed by atoms with Crippen LogP contribution in [0.4, 0.5) is 0 Å². The summed E-state index contributed by atoms with van der Waals surface area (Å²) < 4.78 is 0. The molecule has 28 heavy (non-hydrogen) atoms. The fourth-order valence-electron chi connectivity index (χ4n) is 4.56. The van der Waals surface area contributed by atoms with Gasteiger partial charge in [0.1, 0.15) is 0 Å². The topological polar surface area (TPSA) is 3.24 Å². The number of hydrogen-bond acceptors (Lipinski definition) is 2. The standard InChI is InChI=1S/C26H31NS/c1-4-21-8-10-22(11-9-21)12-13-25-24-15-17-28-26(24)14-16-27(25)20(3)23-7-5-6-19(2)18-23/h5-11,18,25H,3-4,12-17H2,1-2H3. The Morgan fingerprint density at radius 2 is 1.89 bits per heavy atom. The number of hydrogen-bond donors (Lipinski definition) is 0. The molecule has 0 aliphatic carbocycles. The number of aryl methyl sites for hydroxylation is 3. The highest BCUT2D eigenvalue weighted by Gasteiger charge is 2.33. The molecule has 0 bridgehead atoms. The fourth-order valence-corrected chi connectivity index (χ4v) is 5.78. The lowest BCUT2D eigenvalue weighted by Gasteiger charge is -2.40. The van der Waals surface area contributed by atoms with Gasteiger partial charge in [-0.25, -0.2) is 0 Å². The maximum atomic E-state index is 4.53. The lowest BCUT2D eigenvalue weighted by molar-refractivity contribution is 0.297. The summed E-state index contributed by atoms with van der Waals surface area (Å²) in [7, 11) is 0. The Morgan fingerprint density at radius 3 is 2.64 bits per heavy atom. The second kappa shape index (κ2) is 8.61. The molecule has 0 radical (unpaired) electrons. The second-order valence-corrected chi connectivity index (χ2v) is 9.22. The van der Waals surface area contributed by atoms with Crippen molar-refractivity contribution in [2.45, 2.75) is 52.0 Å². The zero-order valence-electron chi connectivity index (χ0n) is 17.2. The number of nitrogens with zero attached hydrogens (tertiary/aromatic N) is 1. The summed E-state index contributed by atoms with van der Waals surface area (Å²) in [5.74, 6) is 1.26. The first kappa shape index (κ1) is 19.4. The summed E-state index contributed by atoms with van der Waals surface area (Å²) in [6, 6.07) is 18.5. The monoisotopic (exact) mass is 389 g/mol. The van der Waals surface area contributed by atoms with E-state index in [1.807, 2.05) is 0 Å². The van der Waals surface area contributed by atoms with Crippen LogP contribution in [-0.4, -0.2) is 23.2 Å². The first-order valence-corrected chi connectivity index (χ1v) is 11.6. The lowest BCUT2D eigenvalue weighted by atomic mass is 9.90. The molecule has 2 aliphatic heterocycles. The average molecular weight is 390 g/mol. The average Bonchev–Trinajstić information content (AvgIpc) is 3.21. The van der Waals surface area contributed by atoms with E-state index in [4.69, 9.17) is 0 Å². The molecule has 2 aliphatic rings. The Kier molecular flexibility index (Phi) is 5.96. The molecule has 2 heteroatoms. The molecule has 2 heterocycles. The van der Waals surface area contributed by atoms with Crippen molar-refractivity contribution in [3.63, 3.8) is 0 Å². The molecule has 0 saturated carbocycles. The van der Waals surface area contributed by atoms with Gasteiger partial charge >= 0.3 is 0 Å². The molecule has 0 N–H and O–H groups in total. The van der Waals surface area contributed by atoms with Crippen LogP contribution in [0.15, 0.2) is 65.6 Å². The van der Waals surface area contributed by atoms with Gasteiger partial charge in [-0.1, -0.05) is 61.5 Å². The second-order valence-electron chi connectivity index (χ2n) is 8.03. The van der Waals surface area contributed by atoms with E-state index < -0.39 is 0 Å². The van der Waals surface area contributed by atoms with E-state index in [9.17, 15) is 0 Å². The molecule has 4 rings (SSSR count). The Hall–Kier alpha value is -1.93. The van der Waals surface area contributed by atoms with E-state index >= 15 is 0 Å². The first-order valence-electron chi connectivity index (χ1n) is 10.6. The molecule has 146 valence electrons. The van der Waals surface area contributed by atoms with Gasteiger partial charge in [0.2, 0.25) is 0 Å². The molecule has 0 saturated heterocycles. The van der Waals surface area contributed by atoms with Crippen LogP contribution in [0, 0.1) is 6.92 Å². The summed E-state index contributed by atoms with van der Waals surface area (Å²) in [6.07, 6.45) is 5.85. The van der Waals surface area contributed by atoms with Crippen LogP contribution in [0.3, 0.4) is 0 Å².